The molecule has 0 heterocycles. The predicted molar refractivity (Wildman–Crippen MR) is 89.2 cm³/mol. The van der Waals surface area contributed by atoms with Crippen molar-refractivity contribution in [2.75, 3.05) is 0 Å². The topological polar surface area (TPSA) is 20.2 Å². The van der Waals surface area contributed by atoms with Gasteiger partial charge in [-0.05, 0) is 35.8 Å². The molecule has 0 bridgehead atoms. The number of aliphatic hydroxyl groups excluding tert-OH is 1. The third-order valence-electron chi connectivity index (χ3n) is 4.33. The Bertz CT molecular complexity index is 506. The van der Waals surface area contributed by atoms with Crippen LogP contribution in [0.5, 0.6) is 0 Å². The number of rotatable bonds is 7. The van der Waals surface area contributed by atoms with Gasteiger partial charge in [-0.2, -0.15) is 0 Å². The van der Waals surface area contributed by atoms with Crippen molar-refractivity contribution in [3.8, 4) is 0 Å². The second-order valence-electron chi connectivity index (χ2n) is 6.02. The lowest BCUT2D eigenvalue weighted by Crippen LogP contribution is -2.30. The molecular formula is C20H26O. The van der Waals surface area contributed by atoms with Gasteiger partial charge in [0.25, 0.3) is 0 Å². The van der Waals surface area contributed by atoms with E-state index in [1.54, 1.807) is 0 Å². The van der Waals surface area contributed by atoms with E-state index in [9.17, 15) is 5.11 Å². The molecule has 3 atom stereocenters. The van der Waals surface area contributed by atoms with Crippen LogP contribution >= 0.6 is 0 Å². The van der Waals surface area contributed by atoms with Gasteiger partial charge < -0.3 is 5.11 Å². The molecule has 21 heavy (non-hydrogen) atoms. The molecular weight excluding hydrogens is 256 g/mol. The molecule has 0 spiro atoms. The quantitative estimate of drug-likeness (QED) is 0.793. The van der Waals surface area contributed by atoms with Crippen molar-refractivity contribution in [2.45, 2.75) is 39.2 Å². The highest BCUT2D eigenvalue weighted by atomic mass is 16.3. The van der Waals surface area contributed by atoms with Crippen molar-refractivity contribution < 1.29 is 5.11 Å². The maximum atomic E-state index is 10.7. The lowest BCUT2D eigenvalue weighted by atomic mass is 9.83. The van der Waals surface area contributed by atoms with Crippen molar-refractivity contribution in [1.29, 1.82) is 0 Å². The Kier molecular flexibility index (Phi) is 6.01. The fraction of sp³-hybridized carbons (Fsp3) is 0.400. The molecule has 2 aromatic carbocycles. The summed E-state index contributed by atoms with van der Waals surface area (Å²) in [5.41, 5.74) is 2.62. The standard InChI is InChI=1S/C20H26O/c1-3-19(15-18-12-8-5-9-13-18)20(21)16(2)14-17-10-6-4-7-11-17/h4-13,16,19-21H,3,14-15H2,1-2H3. The molecule has 0 aliphatic rings. The zero-order valence-electron chi connectivity index (χ0n) is 13.1. The van der Waals surface area contributed by atoms with E-state index >= 15 is 0 Å². The first-order valence-electron chi connectivity index (χ1n) is 7.96. The lowest BCUT2D eigenvalue weighted by Gasteiger charge is -2.27. The molecule has 0 aliphatic heterocycles. The molecule has 0 aliphatic carbocycles. The normalized spacial score (nSPS) is 15.4. The van der Waals surface area contributed by atoms with E-state index in [1.165, 1.54) is 11.1 Å². The van der Waals surface area contributed by atoms with E-state index in [0.717, 1.165) is 19.3 Å². The van der Waals surface area contributed by atoms with Gasteiger partial charge in [0.1, 0.15) is 0 Å². The minimum atomic E-state index is -0.254. The third-order valence-corrected chi connectivity index (χ3v) is 4.33. The van der Waals surface area contributed by atoms with Crippen LogP contribution < -0.4 is 0 Å². The van der Waals surface area contributed by atoms with E-state index in [-0.39, 0.29) is 12.0 Å². The van der Waals surface area contributed by atoms with Gasteiger partial charge in [-0.15, -0.1) is 0 Å². The molecule has 112 valence electrons. The molecule has 0 saturated heterocycles. The molecule has 0 aromatic heterocycles. The van der Waals surface area contributed by atoms with Crippen molar-refractivity contribution in [2.24, 2.45) is 11.8 Å². The van der Waals surface area contributed by atoms with Crippen molar-refractivity contribution >= 4 is 0 Å². The third kappa shape index (κ3) is 4.71. The van der Waals surface area contributed by atoms with Crippen LogP contribution in [-0.2, 0) is 12.8 Å². The van der Waals surface area contributed by atoms with E-state index in [1.807, 2.05) is 12.1 Å². The van der Waals surface area contributed by atoms with Crippen LogP contribution in [0.3, 0.4) is 0 Å². The molecule has 2 aromatic rings. The Hall–Kier alpha value is -1.60. The summed E-state index contributed by atoms with van der Waals surface area (Å²) in [6.45, 7) is 4.33. The molecule has 1 heteroatoms. The summed E-state index contributed by atoms with van der Waals surface area (Å²) < 4.78 is 0. The van der Waals surface area contributed by atoms with Gasteiger partial charge in [-0.1, -0.05) is 80.9 Å². The van der Waals surface area contributed by atoms with Crippen LogP contribution in [0.4, 0.5) is 0 Å². The molecule has 0 amide bonds. The Labute approximate surface area is 128 Å². The summed E-state index contributed by atoms with van der Waals surface area (Å²) in [7, 11) is 0. The van der Waals surface area contributed by atoms with E-state index in [0.29, 0.717) is 5.92 Å². The van der Waals surface area contributed by atoms with Gasteiger partial charge in [0.15, 0.2) is 0 Å². The highest BCUT2D eigenvalue weighted by Crippen LogP contribution is 2.23. The Balaban J connectivity index is 1.97. The highest BCUT2D eigenvalue weighted by Gasteiger charge is 2.23. The fourth-order valence-electron chi connectivity index (χ4n) is 2.99. The summed E-state index contributed by atoms with van der Waals surface area (Å²) in [6, 6.07) is 20.9. The zero-order chi connectivity index (χ0) is 15.1. The summed E-state index contributed by atoms with van der Waals surface area (Å²) in [5.74, 6) is 0.604. The second-order valence-corrected chi connectivity index (χ2v) is 6.02. The molecule has 3 unspecified atom stereocenters. The second kappa shape index (κ2) is 7.99. The summed E-state index contributed by atoms with van der Waals surface area (Å²) in [5, 5.41) is 10.7. The Morgan fingerprint density at radius 1 is 0.810 bits per heavy atom. The van der Waals surface area contributed by atoms with E-state index in [4.69, 9.17) is 0 Å². The Morgan fingerprint density at radius 3 is 1.76 bits per heavy atom. The van der Waals surface area contributed by atoms with Crippen molar-refractivity contribution in [1.82, 2.24) is 0 Å². The first kappa shape index (κ1) is 15.8. The van der Waals surface area contributed by atoms with Gasteiger partial charge in [-0.25, -0.2) is 0 Å². The highest BCUT2D eigenvalue weighted by molar-refractivity contribution is 5.17. The monoisotopic (exact) mass is 282 g/mol. The zero-order valence-corrected chi connectivity index (χ0v) is 13.1. The molecule has 1 nitrogen and oxygen atoms in total. The maximum Gasteiger partial charge on any atom is 0.0600 e. The largest absolute Gasteiger partial charge is 0.393 e. The van der Waals surface area contributed by atoms with Crippen LogP contribution in [0, 0.1) is 11.8 Å². The number of aliphatic hydroxyl groups is 1. The van der Waals surface area contributed by atoms with Crippen LogP contribution in [-0.4, -0.2) is 11.2 Å². The first-order chi connectivity index (χ1) is 10.2. The average Bonchev–Trinajstić information content (AvgIpc) is 2.54. The fourth-order valence-corrected chi connectivity index (χ4v) is 2.99. The first-order valence-corrected chi connectivity index (χ1v) is 7.96. The van der Waals surface area contributed by atoms with Crippen LogP contribution in [0.1, 0.15) is 31.4 Å². The van der Waals surface area contributed by atoms with Crippen LogP contribution in [0.25, 0.3) is 0 Å². The summed E-state index contributed by atoms with van der Waals surface area (Å²) in [6.07, 6.45) is 2.65. The van der Waals surface area contributed by atoms with Crippen molar-refractivity contribution in [3.05, 3.63) is 71.8 Å². The summed E-state index contributed by atoms with van der Waals surface area (Å²) >= 11 is 0. The molecule has 0 fully saturated rings. The maximum absolute atomic E-state index is 10.7. The minimum Gasteiger partial charge on any atom is -0.393 e. The van der Waals surface area contributed by atoms with Crippen LogP contribution in [0.15, 0.2) is 60.7 Å². The molecule has 0 saturated carbocycles. The average molecular weight is 282 g/mol. The molecule has 2 rings (SSSR count). The number of hydrogen-bond donors (Lipinski definition) is 1. The van der Waals surface area contributed by atoms with E-state index < -0.39 is 0 Å². The predicted octanol–water partition coefficient (Wildman–Crippen LogP) is 4.50. The smallest absolute Gasteiger partial charge is 0.0600 e. The van der Waals surface area contributed by atoms with Crippen LogP contribution in [0.2, 0.25) is 0 Å². The minimum absolute atomic E-state index is 0.254. The van der Waals surface area contributed by atoms with Gasteiger partial charge >= 0.3 is 0 Å². The van der Waals surface area contributed by atoms with Gasteiger partial charge in [0, 0.05) is 0 Å². The van der Waals surface area contributed by atoms with Crippen molar-refractivity contribution in [3.63, 3.8) is 0 Å². The lowest BCUT2D eigenvalue weighted by molar-refractivity contribution is 0.0553. The Morgan fingerprint density at radius 2 is 1.29 bits per heavy atom. The van der Waals surface area contributed by atoms with Gasteiger partial charge in [-0.3, -0.25) is 0 Å². The van der Waals surface area contributed by atoms with E-state index in [2.05, 4.69) is 62.4 Å². The SMILES string of the molecule is CCC(Cc1ccccc1)C(O)C(C)Cc1ccccc1. The molecule has 0 radical (unpaired) electrons. The number of hydrogen-bond acceptors (Lipinski definition) is 1. The molecule has 1 N–H and O–H groups in total. The number of benzene rings is 2. The van der Waals surface area contributed by atoms with Gasteiger partial charge in [0.2, 0.25) is 0 Å². The summed E-state index contributed by atoms with van der Waals surface area (Å²) in [4.78, 5) is 0. The van der Waals surface area contributed by atoms with Gasteiger partial charge in [0.05, 0.1) is 6.10 Å².